The molecule has 2 aromatic heterocycles. The van der Waals surface area contributed by atoms with Crippen molar-refractivity contribution in [2.24, 2.45) is 0 Å². The van der Waals surface area contributed by atoms with E-state index < -0.39 is 4.92 Å². The van der Waals surface area contributed by atoms with E-state index in [4.69, 9.17) is 0 Å². The summed E-state index contributed by atoms with van der Waals surface area (Å²) in [6.07, 6.45) is 5.37. The molecule has 28 heavy (non-hydrogen) atoms. The van der Waals surface area contributed by atoms with E-state index in [1.54, 1.807) is 11.0 Å². The first-order valence-electron chi connectivity index (χ1n) is 8.86. The van der Waals surface area contributed by atoms with Crippen LogP contribution in [0.1, 0.15) is 10.4 Å². The molecule has 0 saturated carbocycles. The third kappa shape index (κ3) is 3.54. The van der Waals surface area contributed by atoms with Crippen LogP contribution in [0.4, 0.5) is 11.5 Å². The number of aromatic nitrogens is 3. The quantitative estimate of drug-likeness (QED) is 0.510. The van der Waals surface area contributed by atoms with Crippen LogP contribution < -0.4 is 4.90 Å². The van der Waals surface area contributed by atoms with Crippen LogP contribution in [0.25, 0.3) is 5.82 Å². The van der Waals surface area contributed by atoms with Crippen LogP contribution in [0.15, 0.2) is 61.2 Å². The van der Waals surface area contributed by atoms with Crippen molar-refractivity contribution in [3.63, 3.8) is 0 Å². The van der Waals surface area contributed by atoms with Gasteiger partial charge in [0.2, 0.25) is 0 Å². The maximum Gasteiger partial charge on any atom is 0.270 e. The molecule has 1 aliphatic heterocycles. The molecule has 0 atom stereocenters. The first kappa shape index (κ1) is 17.7. The summed E-state index contributed by atoms with van der Waals surface area (Å²) in [4.78, 5) is 35.6. The lowest BCUT2D eigenvalue weighted by Gasteiger charge is -2.35. The molecule has 1 fully saturated rings. The number of rotatable bonds is 4. The van der Waals surface area contributed by atoms with Gasteiger partial charge in [0.1, 0.15) is 18.0 Å². The summed E-state index contributed by atoms with van der Waals surface area (Å²) in [6, 6.07) is 11.6. The Morgan fingerprint density at radius 2 is 1.68 bits per heavy atom. The number of anilines is 1. The van der Waals surface area contributed by atoms with Crippen molar-refractivity contribution in [2.75, 3.05) is 31.1 Å². The van der Waals surface area contributed by atoms with Crippen molar-refractivity contribution in [1.29, 1.82) is 0 Å². The fourth-order valence-corrected chi connectivity index (χ4v) is 3.21. The number of hydrogen-bond acceptors (Lipinski definition) is 6. The number of benzene rings is 1. The van der Waals surface area contributed by atoms with E-state index in [1.807, 2.05) is 35.2 Å². The van der Waals surface area contributed by atoms with Crippen LogP contribution >= 0.6 is 0 Å². The van der Waals surface area contributed by atoms with Crippen LogP contribution in [0.5, 0.6) is 0 Å². The number of carbonyl (C=O) groups excluding carboxylic acids is 1. The van der Waals surface area contributed by atoms with Gasteiger partial charge in [-0.2, -0.15) is 0 Å². The lowest BCUT2D eigenvalue weighted by molar-refractivity contribution is -0.384. The first-order valence-corrected chi connectivity index (χ1v) is 8.86. The normalized spacial score (nSPS) is 14.1. The predicted octanol–water partition coefficient (Wildman–Crippen LogP) is 2.14. The van der Waals surface area contributed by atoms with Crippen molar-refractivity contribution < 1.29 is 9.72 Å². The number of nitro benzene ring substituents is 1. The SMILES string of the molecule is O=C(c1cccc([N+](=O)[O-])c1)N1CCN(c2cc(-n3cccc3)ncn2)CC1. The zero-order valence-corrected chi connectivity index (χ0v) is 15.0. The highest BCUT2D eigenvalue weighted by Gasteiger charge is 2.24. The molecule has 9 heteroatoms. The number of carbonyl (C=O) groups is 1. The highest BCUT2D eigenvalue weighted by Crippen LogP contribution is 2.19. The Morgan fingerprint density at radius 1 is 0.964 bits per heavy atom. The van der Waals surface area contributed by atoms with Gasteiger partial charge < -0.3 is 14.4 Å². The van der Waals surface area contributed by atoms with E-state index in [0.29, 0.717) is 31.7 Å². The predicted molar refractivity (Wildman–Crippen MR) is 103 cm³/mol. The van der Waals surface area contributed by atoms with Crippen molar-refractivity contribution in [2.45, 2.75) is 0 Å². The van der Waals surface area contributed by atoms with Crippen molar-refractivity contribution in [3.8, 4) is 5.82 Å². The summed E-state index contributed by atoms with van der Waals surface area (Å²) in [5, 5.41) is 10.9. The molecule has 1 aromatic carbocycles. The molecule has 0 aliphatic carbocycles. The average molecular weight is 378 g/mol. The lowest BCUT2D eigenvalue weighted by atomic mass is 10.1. The molecule has 142 valence electrons. The van der Waals surface area contributed by atoms with Gasteiger partial charge in [-0.15, -0.1) is 0 Å². The monoisotopic (exact) mass is 378 g/mol. The zero-order valence-electron chi connectivity index (χ0n) is 15.0. The van der Waals surface area contributed by atoms with E-state index in [-0.39, 0.29) is 11.6 Å². The van der Waals surface area contributed by atoms with Gasteiger partial charge in [-0.1, -0.05) is 6.07 Å². The maximum atomic E-state index is 12.7. The molecule has 9 nitrogen and oxygen atoms in total. The summed E-state index contributed by atoms with van der Waals surface area (Å²) in [7, 11) is 0. The molecular weight excluding hydrogens is 360 g/mol. The second-order valence-electron chi connectivity index (χ2n) is 6.41. The van der Waals surface area contributed by atoms with Crippen LogP contribution in [-0.4, -0.2) is 56.4 Å². The van der Waals surface area contributed by atoms with Crippen LogP contribution in [-0.2, 0) is 0 Å². The van der Waals surface area contributed by atoms with E-state index in [0.717, 1.165) is 11.6 Å². The molecule has 3 aromatic rings. The van der Waals surface area contributed by atoms with Crippen molar-refractivity contribution >= 4 is 17.4 Å². The minimum Gasteiger partial charge on any atom is -0.353 e. The fraction of sp³-hybridized carbons (Fsp3) is 0.211. The third-order valence-corrected chi connectivity index (χ3v) is 4.70. The summed E-state index contributed by atoms with van der Waals surface area (Å²) in [5.41, 5.74) is 0.252. The Morgan fingerprint density at radius 3 is 2.39 bits per heavy atom. The summed E-state index contributed by atoms with van der Waals surface area (Å²) < 4.78 is 1.91. The highest BCUT2D eigenvalue weighted by molar-refractivity contribution is 5.95. The van der Waals surface area contributed by atoms with Gasteiger partial charge in [-0.3, -0.25) is 14.9 Å². The lowest BCUT2D eigenvalue weighted by Crippen LogP contribution is -2.49. The Labute approximate surface area is 161 Å². The largest absolute Gasteiger partial charge is 0.353 e. The van der Waals surface area contributed by atoms with E-state index >= 15 is 0 Å². The maximum absolute atomic E-state index is 12.7. The molecule has 0 spiro atoms. The number of hydrogen-bond donors (Lipinski definition) is 0. The second-order valence-corrected chi connectivity index (χ2v) is 6.41. The summed E-state index contributed by atoms with van der Waals surface area (Å²) in [6.45, 7) is 2.29. The number of amides is 1. The Kier molecular flexibility index (Phi) is 4.71. The fourth-order valence-electron chi connectivity index (χ4n) is 3.21. The van der Waals surface area contributed by atoms with E-state index in [2.05, 4.69) is 14.9 Å². The molecule has 0 N–H and O–H groups in total. The van der Waals surface area contributed by atoms with Crippen LogP contribution in [0.2, 0.25) is 0 Å². The van der Waals surface area contributed by atoms with Crippen LogP contribution in [0.3, 0.4) is 0 Å². The van der Waals surface area contributed by atoms with Gasteiger partial charge in [0.25, 0.3) is 11.6 Å². The molecular formula is C19H18N6O3. The van der Waals surface area contributed by atoms with Crippen LogP contribution in [0, 0.1) is 10.1 Å². The van der Waals surface area contributed by atoms with Gasteiger partial charge in [0.15, 0.2) is 0 Å². The van der Waals surface area contributed by atoms with Gasteiger partial charge in [-0.25, -0.2) is 9.97 Å². The molecule has 1 aliphatic rings. The number of piperazine rings is 1. The van der Waals surface area contributed by atoms with Gasteiger partial charge in [-0.05, 0) is 18.2 Å². The van der Waals surface area contributed by atoms with Gasteiger partial charge in [0, 0.05) is 62.3 Å². The second kappa shape index (κ2) is 7.47. The molecule has 0 unspecified atom stereocenters. The standard InChI is InChI=1S/C19H18N6O3/c26-19(15-4-3-5-16(12-15)25(27)28)24-10-8-23(9-11-24)18-13-17(20-14-21-18)22-6-1-2-7-22/h1-7,12-14H,8-11H2. The van der Waals surface area contributed by atoms with Gasteiger partial charge in [0.05, 0.1) is 4.92 Å². The molecule has 3 heterocycles. The molecule has 4 rings (SSSR count). The van der Waals surface area contributed by atoms with Gasteiger partial charge >= 0.3 is 0 Å². The smallest absolute Gasteiger partial charge is 0.270 e. The summed E-state index contributed by atoms with van der Waals surface area (Å²) in [5.74, 6) is 1.39. The minimum absolute atomic E-state index is 0.0805. The molecule has 1 amide bonds. The Hall–Kier alpha value is -3.75. The molecule has 0 bridgehead atoms. The number of nitrogens with zero attached hydrogens (tertiary/aromatic N) is 6. The minimum atomic E-state index is -0.494. The van der Waals surface area contributed by atoms with Crippen molar-refractivity contribution in [1.82, 2.24) is 19.4 Å². The topological polar surface area (TPSA) is 97.4 Å². The molecule has 1 saturated heterocycles. The van der Waals surface area contributed by atoms with E-state index in [9.17, 15) is 14.9 Å². The Balaban J connectivity index is 1.44. The number of non-ortho nitro benzene ring substituents is 1. The summed E-state index contributed by atoms with van der Waals surface area (Å²) >= 11 is 0. The Bertz CT molecular complexity index is 996. The highest BCUT2D eigenvalue weighted by atomic mass is 16.6. The third-order valence-electron chi connectivity index (χ3n) is 4.70. The van der Waals surface area contributed by atoms with E-state index in [1.165, 1.54) is 24.5 Å². The zero-order chi connectivity index (χ0) is 19.5. The average Bonchev–Trinajstić information content (AvgIpc) is 3.28. The molecule has 0 radical (unpaired) electrons. The van der Waals surface area contributed by atoms with Crippen molar-refractivity contribution in [3.05, 3.63) is 76.9 Å². The first-order chi connectivity index (χ1) is 13.6. The number of nitro groups is 1.